The van der Waals surface area contributed by atoms with E-state index in [2.05, 4.69) is 19.2 Å². The molecule has 3 N–H and O–H groups in total. The monoisotopic (exact) mass is 214 g/mol. The number of carbonyl (C=O) groups excluding carboxylic acids is 1. The van der Waals surface area contributed by atoms with Crippen LogP contribution in [0.15, 0.2) is 0 Å². The van der Waals surface area contributed by atoms with E-state index in [9.17, 15) is 4.79 Å². The topological polar surface area (TPSA) is 64.4 Å². The number of amides is 1. The van der Waals surface area contributed by atoms with E-state index in [0.29, 0.717) is 24.7 Å². The number of rotatable bonds is 4. The zero-order valence-corrected chi connectivity index (χ0v) is 9.82. The molecule has 0 aromatic heterocycles. The van der Waals surface area contributed by atoms with Crippen LogP contribution in [0.4, 0.5) is 0 Å². The van der Waals surface area contributed by atoms with Crippen LogP contribution in [-0.2, 0) is 9.53 Å². The third-order valence-electron chi connectivity index (χ3n) is 2.73. The summed E-state index contributed by atoms with van der Waals surface area (Å²) < 4.78 is 5.65. The van der Waals surface area contributed by atoms with Crippen molar-refractivity contribution in [3.8, 4) is 0 Å². The molecule has 0 spiro atoms. The maximum atomic E-state index is 10.7. The number of primary amides is 1. The molecule has 1 rings (SSSR count). The highest BCUT2D eigenvalue weighted by Crippen LogP contribution is 2.19. The molecule has 3 atom stereocenters. The Morgan fingerprint density at radius 3 is 2.47 bits per heavy atom. The van der Waals surface area contributed by atoms with Crippen LogP contribution in [0.1, 0.15) is 40.0 Å². The van der Waals surface area contributed by atoms with E-state index in [1.165, 1.54) is 0 Å². The summed E-state index contributed by atoms with van der Waals surface area (Å²) >= 11 is 0. The number of hydrogen-bond acceptors (Lipinski definition) is 3. The second kappa shape index (κ2) is 5.47. The largest absolute Gasteiger partial charge is 0.375 e. The molecule has 15 heavy (non-hydrogen) atoms. The Hall–Kier alpha value is -0.610. The Morgan fingerprint density at radius 1 is 1.47 bits per heavy atom. The van der Waals surface area contributed by atoms with E-state index in [0.717, 1.165) is 12.8 Å². The smallest absolute Gasteiger partial charge is 0.218 e. The van der Waals surface area contributed by atoms with Crippen LogP contribution < -0.4 is 11.1 Å². The van der Waals surface area contributed by atoms with Gasteiger partial charge in [-0.3, -0.25) is 4.79 Å². The van der Waals surface area contributed by atoms with Crippen LogP contribution in [0.5, 0.6) is 0 Å². The summed E-state index contributed by atoms with van der Waals surface area (Å²) in [7, 11) is 0. The van der Waals surface area contributed by atoms with Crippen LogP contribution in [0.3, 0.4) is 0 Å². The number of carbonyl (C=O) groups is 1. The van der Waals surface area contributed by atoms with E-state index in [1.54, 1.807) is 0 Å². The van der Waals surface area contributed by atoms with E-state index in [1.807, 2.05) is 6.92 Å². The van der Waals surface area contributed by atoms with Crippen LogP contribution >= 0.6 is 0 Å². The molecule has 1 saturated heterocycles. The molecule has 0 saturated carbocycles. The van der Waals surface area contributed by atoms with Gasteiger partial charge in [0.05, 0.1) is 12.2 Å². The van der Waals surface area contributed by atoms with Crippen molar-refractivity contribution in [1.29, 1.82) is 0 Å². The van der Waals surface area contributed by atoms with Crippen LogP contribution in [-0.4, -0.2) is 30.2 Å². The maximum Gasteiger partial charge on any atom is 0.218 e. The van der Waals surface area contributed by atoms with Gasteiger partial charge in [-0.05, 0) is 33.6 Å². The minimum atomic E-state index is -0.247. The van der Waals surface area contributed by atoms with Crippen LogP contribution in [0, 0.1) is 0 Å². The third kappa shape index (κ3) is 4.62. The van der Waals surface area contributed by atoms with E-state index in [-0.39, 0.29) is 11.9 Å². The van der Waals surface area contributed by atoms with Crippen molar-refractivity contribution in [2.75, 3.05) is 0 Å². The Balaban J connectivity index is 2.33. The average Bonchev–Trinajstić information content (AvgIpc) is 1.98. The average molecular weight is 214 g/mol. The first-order chi connectivity index (χ1) is 6.97. The molecule has 0 aliphatic carbocycles. The summed E-state index contributed by atoms with van der Waals surface area (Å²) in [6.07, 6.45) is 3.01. The van der Waals surface area contributed by atoms with Gasteiger partial charge in [-0.25, -0.2) is 0 Å². The first-order valence-corrected chi connectivity index (χ1v) is 5.67. The quantitative estimate of drug-likeness (QED) is 0.727. The maximum absolute atomic E-state index is 10.7. The molecule has 0 aromatic rings. The zero-order chi connectivity index (χ0) is 11.4. The fraction of sp³-hybridized carbons (Fsp3) is 0.909. The van der Waals surface area contributed by atoms with Crippen LogP contribution in [0.2, 0.25) is 0 Å². The predicted molar refractivity (Wildman–Crippen MR) is 59.4 cm³/mol. The Labute approximate surface area is 91.5 Å². The normalized spacial score (nSPS) is 33.7. The summed E-state index contributed by atoms with van der Waals surface area (Å²) in [6, 6.07) is 0.600. The highest BCUT2D eigenvalue weighted by molar-refractivity contribution is 5.74. The van der Waals surface area contributed by atoms with Crippen molar-refractivity contribution in [3.05, 3.63) is 0 Å². The zero-order valence-electron chi connectivity index (χ0n) is 9.82. The summed E-state index contributed by atoms with van der Waals surface area (Å²) in [5.41, 5.74) is 5.15. The molecule has 1 aliphatic rings. The Bertz CT molecular complexity index is 211. The summed E-state index contributed by atoms with van der Waals surface area (Å²) in [6.45, 7) is 6.17. The highest BCUT2D eigenvalue weighted by Gasteiger charge is 2.25. The molecule has 4 heteroatoms. The molecule has 0 aromatic carbocycles. The molecule has 88 valence electrons. The lowest BCUT2D eigenvalue weighted by atomic mass is 9.99. The fourth-order valence-electron chi connectivity index (χ4n) is 2.30. The lowest BCUT2D eigenvalue weighted by molar-refractivity contribution is -0.118. The number of ether oxygens (including phenoxy) is 1. The van der Waals surface area contributed by atoms with Gasteiger partial charge in [0.25, 0.3) is 0 Å². The second-order valence-electron chi connectivity index (χ2n) is 4.66. The third-order valence-corrected chi connectivity index (χ3v) is 2.73. The lowest BCUT2D eigenvalue weighted by Crippen LogP contribution is -2.45. The van der Waals surface area contributed by atoms with E-state index in [4.69, 9.17) is 10.5 Å². The van der Waals surface area contributed by atoms with Gasteiger partial charge in [-0.2, -0.15) is 0 Å². The van der Waals surface area contributed by atoms with Gasteiger partial charge in [0, 0.05) is 18.5 Å². The highest BCUT2D eigenvalue weighted by atomic mass is 16.5. The summed E-state index contributed by atoms with van der Waals surface area (Å²) in [5, 5.41) is 3.43. The standard InChI is InChI=1S/C11H22N2O2/c1-7(4-11(12)14)13-10-5-8(2)15-9(3)6-10/h7-10,13H,4-6H2,1-3H3,(H2,12,14). The summed E-state index contributed by atoms with van der Waals surface area (Å²) in [5.74, 6) is -0.247. The Kier molecular flexibility index (Phi) is 4.54. The van der Waals surface area contributed by atoms with E-state index >= 15 is 0 Å². The van der Waals surface area contributed by atoms with Crippen molar-refractivity contribution < 1.29 is 9.53 Å². The molecular weight excluding hydrogens is 192 g/mol. The van der Waals surface area contributed by atoms with Gasteiger partial charge in [-0.1, -0.05) is 0 Å². The van der Waals surface area contributed by atoms with Gasteiger partial charge in [-0.15, -0.1) is 0 Å². The Morgan fingerprint density at radius 2 is 2.00 bits per heavy atom. The van der Waals surface area contributed by atoms with Gasteiger partial charge in [0.1, 0.15) is 0 Å². The lowest BCUT2D eigenvalue weighted by Gasteiger charge is -2.34. The van der Waals surface area contributed by atoms with Gasteiger partial charge < -0.3 is 15.8 Å². The first kappa shape index (κ1) is 12.5. The molecule has 1 fully saturated rings. The molecule has 0 radical (unpaired) electrons. The van der Waals surface area contributed by atoms with Crippen molar-refractivity contribution in [2.24, 2.45) is 5.73 Å². The molecule has 4 nitrogen and oxygen atoms in total. The van der Waals surface area contributed by atoms with E-state index < -0.39 is 0 Å². The van der Waals surface area contributed by atoms with Crippen molar-refractivity contribution in [3.63, 3.8) is 0 Å². The van der Waals surface area contributed by atoms with Crippen molar-refractivity contribution in [1.82, 2.24) is 5.32 Å². The van der Waals surface area contributed by atoms with Gasteiger partial charge >= 0.3 is 0 Å². The van der Waals surface area contributed by atoms with Crippen molar-refractivity contribution >= 4 is 5.91 Å². The second-order valence-corrected chi connectivity index (χ2v) is 4.66. The SMILES string of the molecule is CC(CC(N)=O)NC1CC(C)OC(C)C1. The number of nitrogens with one attached hydrogen (secondary N) is 1. The van der Waals surface area contributed by atoms with Crippen LogP contribution in [0.25, 0.3) is 0 Å². The summed E-state index contributed by atoms with van der Waals surface area (Å²) in [4.78, 5) is 10.7. The number of nitrogens with two attached hydrogens (primary N) is 1. The molecule has 1 heterocycles. The molecule has 0 bridgehead atoms. The minimum Gasteiger partial charge on any atom is -0.375 e. The molecule has 1 aliphatic heterocycles. The fourth-order valence-corrected chi connectivity index (χ4v) is 2.30. The first-order valence-electron chi connectivity index (χ1n) is 5.67. The van der Waals surface area contributed by atoms with Crippen molar-refractivity contribution in [2.45, 2.75) is 64.3 Å². The minimum absolute atomic E-state index is 0.157. The predicted octanol–water partition coefficient (Wildman–Crippen LogP) is 0.796. The van der Waals surface area contributed by atoms with Gasteiger partial charge in [0.2, 0.25) is 5.91 Å². The van der Waals surface area contributed by atoms with Gasteiger partial charge in [0.15, 0.2) is 0 Å². The number of hydrogen-bond donors (Lipinski definition) is 2. The molecule has 3 unspecified atom stereocenters. The molecule has 1 amide bonds. The molecular formula is C11H22N2O2.